The highest BCUT2D eigenvalue weighted by atomic mass is 16.5. The Morgan fingerprint density at radius 2 is 2.20 bits per heavy atom. The van der Waals surface area contributed by atoms with Crippen LogP contribution in [0.1, 0.15) is 21.5 Å². The molecule has 1 aromatic carbocycles. The van der Waals surface area contributed by atoms with Crippen molar-refractivity contribution in [2.24, 2.45) is 0 Å². The Morgan fingerprint density at radius 3 is 2.85 bits per heavy atom. The summed E-state index contributed by atoms with van der Waals surface area (Å²) >= 11 is 0. The molecule has 0 saturated carbocycles. The van der Waals surface area contributed by atoms with Crippen LogP contribution in [-0.2, 0) is 0 Å². The summed E-state index contributed by atoms with van der Waals surface area (Å²) in [6, 6.07) is 8.80. The van der Waals surface area contributed by atoms with Crippen LogP contribution in [0.2, 0.25) is 0 Å². The van der Waals surface area contributed by atoms with Crippen LogP contribution in [0.25, 0.3) is 0 Å². The molecule has 0 bridgehead atoms. The zero-order chi connectivity index (χ0) is 14.5. The highest BCUT2D eigenvalue weighted by Gasteiger charge is 2.12. The summed E-state index contributed by atoms with van der Waals surface area (Å²) in [6.07, 6.45) is 2.86. The number of anilines is 1. The van der Waals surface area contributed by atoms with Crippen LogP contribution in [0, 0.1) is 18.3 Å². The zero-order valence-electron chi connectivity index (χ0n) is 11.2. The molecule has 5 heteroatoms. The number of nitrogens with zero attached hydrogens (tertiary/aromatic N) is 2. The van der Waals surface area contributed by atoms with Gasteiger partial charge in [-0.2, -0.15) is 5.26 Å². The summed E-state index contributed by atoms with van der Waals surface area (Å²) in [5.74, 6) is 0.390. The number of benzene rings is 1. The van der Waals surface area contributed by atoms with Gasteiger partial charge in [0.1, 0.15) is 11.8 Å². The number of aryl methyl sites for hydroxylation is 1. The second-order valence-electron chi connectivity index (χ2n) is 4.17. The Morgan fingerprint density at radius 1 is 1.40 bits per heavy atom. The van der Waals surface area contributed by atoms with Gasteiger partial charge in [-0.15, -0.1) is 0 Å². The van der Waals surface area contributed by atoms with Crippen LogP contribution in [0.5, 0.6) is 5.75 Å². The number of nitriles is 1. The monoisotopic (exact) mass is 267 g/mol. The zero-order valence-corrected chi connectivity index (χ0v) is 11.2. The van der Waals surface area contributed by atoms with E-state index in [4.69, 9.17) is 10.00 Å². The van der Waals surface area contributed by atoms with Gasteiger partial charge in [0.2, 0.25) is 0 Å². The second-order valence-corrected chi connectivity index (χ2v) is 4.17. The van der Waals surface area contributed by atoms with Gasteiger partial charge in [0.15, 0.2) is 0 Å². The van der Waals surface area contributed by atoms with Crippen molar-refractivity contribution in [2.45, 2.75) is 6.92 Å². The average molecular weight is 267 g/mol. The molecule has 20 heavy (non-hydrogen) atoms. The van der Waals surface area contributed by atoms with Crippen LogP contribution in [0.4, 0.5) is 5.69 Å². The molecular formula is C15H13N3O2. The molecule has 2 aromatic rings. The molecule has 100 valence electrons. The number of hydrogen-bond donors (Lipinski definition) is 1. The van der Waals surface area contributed by atoms with Gasteiger partial charge in [0.05, 0.1) is 18.2 Å². The standard InChI is InChI=1S/C15H13N3O2/c1-10-7-12(3-4-14(10)20-2)18-15(19)13-9-17-6-5-11(13)8-16/h3-7,9H,1-2H3,(H,18,19). The molecule has 1 aromatic heterocycles. The molecule has 2 rings (SSSR count). The van der Waals surface area contributed by atoms with Crippen molar-refractivity contribution in [3.63, 3.8) is 0 Å². The van der Waals surface area contributed by atoms with Crippen molar-refractivity contribution in [1.29, 1.82) is 5.26 Å². The summed E-state index contributed by atoms with van der Waals surface area (Å²) in [4.78, 5) is 16.0. The van der Waals surface area contributed by atoms with Crippen molar-refractivity contribution in [2.75, 3.05) is 12.4 Å². The van der Waals surface area contributed by atoms with E-state index in [1.54, 1.807) is 25.3 Å². The first-order valence-corrected chi connectivity index (χ1v) is 5.96. The number of carbonyl (C=O) groups is 1. The Balaban J connectivity index is 2.24. The van der Waals surface area contributed by atoms with Crippen LogP contribution in [0.3, 0.4) is 0 Å². The first kappa shape index (κ1) is 13.6. The number of rotatable bonds is 3. The summed E-state index contributed by atoms with van der Waals surface area (Å²) < 4.78 is 5.16. The molecule has 0 aliphatic heterocycles. The number of ether oxygens (including phenoxy) is 1. The Hall–Kier alpha value is -2.87. The average Bonchev–Trinajstić information content (AvgIpc) is 2.47. The van der Waals surface area contributed by atoms with Crippen LogP contribution < -0.4 is 10.1 Å². The smallest absolute Gasteiger partial charge is 0.258 e. The number of aromatic nitrogens is 1. The van der Waals surface area contributed by atoms with Crippen molar-refractivity contribution < 1.29 is 9.53 Å². The maximum Gasteiger partial charge on any atom is 0.258 e. The van der Waals surface area contributed by atoms with Crippen molar-refractivity contribution >= 4 is 11.6 Å². The number of amides is 1. The summed E-state index contributed by atoms with van der Waals surface area (Å²) in [5.41, 5.74) is 2.10. The van der Waals surface area contributed by atoms with Crippen LogP contribution >= 0.6 is 0 Å². The quantitative estimate of drug-likeness (QED) is 0.927. The Kier molecular flexibility index (Phi) is 3.96. The van der Waals surface area contributed by atoms with E-state index in [0.717, 1.165) is 11.3 Å². The van der Waals surface area contributed by atoms with Crippen molar-refractivity contribution in [1.82, 2.24) is 4.98 Å². The fraction of sp³-hybridized carbons (Fsp3) is 0.133. The highest BCUT2D eigenvalue weighted by Crippen LogP contribution is 2.22. The number of methoxy groups -OCH3 is 1. The summed E-state index contributed by atoms with van der Waals surface area (Å²) in [6.45, 7) is 1.89. The fourth-order valence-electron chi connectivity index (χ4n) is 1.83. The van der Waals surface area contributed by atoms with E-state index in [0.29, 0.717) is 11.3 Å². The molecule has 0 atom stereocenters. The summed E-state index contributed by atoms with van der Waals surface area (Å²) in [5, 5.41) is 11.7. The second kappa shape index (κ2) is 5.85. The van der Waals surface area contributed by atoms with Gasteiger partial charge in [0.25, 0.3) is 5.91 Å². The van der Waals surface area contributed by atoms with Crippen molar-refractivity contribution in [3.8, 4) is 11.8 Å². The largest absolute Gasteiger partial charge is 0.496 e. The Labute approximate surface area is 116 Å². The SMILES string of the molecule is COc1ccc(NC(=O)c2cnccc2C#N)cc1C. The van der Waals surface area contributed by atoms with Gasteiger partial charge in [0, 0.05) is 18.1 Å². The predicted octanol–water partition coefficient (Wildman–Crippen LogP) is 2.52. The van der Waals surface area contributed by atoms with E-state index in [1.165, 1.54) is 18.5 Å². The minimum absolute atomic E-state index is 0.253. The van der Waals surface area contributed by atoms with Gasteiger partial charge in [-0.25, -0.2) is 0 Å². The molecule has 0 aliphatic carbocycles. The fourth-order valence-corrected chi connectivity index (χ4v) is 1.83. The summed E-state index contributed by atoms with van der Waals surface area (Å²) in [7, 11) is 1.59. The third-order valence-corrected chi connectivity index (χ3v) is 2.84. The molecule has 1 amide bonds. The molecule has 0 unspecified atom stereocenters. The predicted molar refractivity (Wildman–Crippen MR) is 74.6 cm³/mol. The van der Waals surface area contributed by atoms with E-state index in [9.17, 15) is 4.79 Å². The number of carbonyl (C=O) groups excluding carboxylic acids is 1. The lowest BCUT2D eigenvalue weighted by Gasteiger charge is -2.09. The van der Waals surface area contributed by atoms with Gasteiger partial charge < -0.3 is 10.1 Å². The van der Waals surface area contributed by atoms with E-state index in [2.05, 4.69) is 10.3 Å². The molecule has 1 N–H and O–H groups in total. The lowest BCUT2D eigenvalue weighted by molar-refractivity contribution is 0.102. The van der Waals surface area contributed by atoms with Gasteiger partial charge in [-0.3, -0.25) is 9.78 Å². The van der Waals surface area contributed by atoms with E-state index < -0.39 is 0 Å². The van der Waals surface area contributed by atoms with Crippen LogP contribution in [-0.4, -0.2) is 18.0 Å². The van der Waals surface area contributed by atoms with Gasteiger partial charge in [-0.1, -0.05) is 0 Å². The first-order chi connectivity index (χ1) is 9.65. The molecule has 1 heterocycles. The molecule has 0 radical (unpaired) electrons. The first-order valence-electron chi connectivity index (χ1n) is 5.96. The topological polar surface area (TPSA) is 75.0 Å². The molecule has 0 saturated heterocycles. The maximum absolute atomic E-state index is 12.1. The third kappa shape index (κ3) is 2.75. The lowest BCUT2D eigenvalue weighted by atomic mass is 10.1. The minimum atomic E-state index is -0.362. The Bertz CT molecular complexity index is 690. The normalized spacial score (nSPS) is 9.65. The van der Waals surface area contributed by atoms with Gasteiger partial charge >= 0.3 is 0 Å². The number of hydrogen-bond acceptors (Lipinski definition) is 4. The molecule has 0 aliphatic rings. The molecule has 0 spiro atoms. The number of pyridine rings is 1. The lowest BCUT2D eigenvalue weighted by Crippen LogP contribution is -2.14. The minimum Gasteiger partial charge on any atom is -0.496 e. The maximum atomic E-state index is 12.1. The van der Waals surface area contributed by atoms with Crippen LogP contribution in [0.15, 0.2) is 36.7 Å². The van der Waals surface area contributed by atoms with E-state index in [-0.39, 0.29) is 11.5 Å². The van der Waals surface area contributed by atoms with Crippen molar-refractivity contribution in [3.05, 3.63) is 53.3 Å². The van der Waals surface area contributed by atoms with E-state index >= 15 is 0 Å². The van der Waals surface area contributed by atoms with Gasteiger partial charge in [-0.05, 0) is 36.8 Å². The molecule has 5 nitrogen and oxygen atoms in total. The van der Waals surface area contributed by atoms with E-state index in [1.807, 2.05) is 13.0 Å². The third-order valence-electron chi connectivity index (χ3n) is 2.84. The molecule has 0 fully saturated rings. The highest BCUT2D eigenvalue weighted by molar-refractivity contribution is 6.05. The molecular weight excluding hydrogens is 254 g/mol. The number of nitrogens with one attached hydrogen (secondary N) is 1.